The van der Waals surface area contributed by atoms with Crippen molar-refractivity contribution in [2.75, 3.05) is 12.3 Å². The van der Waals surface area contributed by atoms with Crippen LogP contribution in [0.5, 0.6) is 11.5 Å². The number of thioether (sulfide) groups is 1. The van der Waals surface area contributed by atoms with Crippen LogP contribution in [0.25, 0.3) is 0 Å². The van der Waals surface area contributed by atoms with Crippen molar-refractivity contribution in [2.45, 2.75) is 25.9 Å². The van der Waals surface area contributed by atoms with E-state index in [0.717, 1.165) is 17.7 Å². The highest BCUT2D eigenvalue weighted by Crippen LogP contribution is 2.43. The Balaban J connectivity index is 1.87. The SMILES string of the molecule is CC1(C)Cc2ccc(C(=O)NC3=NCCS3)c(O)c2O1. The number of hydrogen-bond donors (Lipinski definition) is 2. The van der Waals surface area contributed by atoms with Gasteiger partial charge < -0.3 is 15.2 Å². The van der Waals surface area contributed by atoms with Crippen molar-refractivity contribution in [3.05, 3.63) is 23.3 Å². The quantitative estimate of drug-likeness (QED) is 0.830. The highest BCUT2D eigenvalue weighted by Gasteiger charge is 2.34. The number of carbonyl (C=O) groups excluding carboxylic acids is 1. The summed E-state index contributed by atoms with van der Waals surface area (Å²) in [4.78, 5) is 16.3. The molecule has 1 aromatic rings. The Morgan fingerprint density at radius 1 is 1.50 bits per heavy atom. The van der Waals surface area contributed by atoms with E-state index in [9.17, 15) is 9.90 Å². The zero-order valence-electron chi connectivity index (χ0n) is 11.4. The molecule has 0 aliphatic carbocycles. The predicted octanol–water partition coefficient (Wildman–Crippen LogP) is 1.94. The molecular weight excluding hydrogens is 276 g/mol. The topological polar surface area (TPSA) is 70.9 Å². The summed E-state index contributed by atoms with van der Waals surface area (Å²) in [6.45, 7) is 4.62. The first-order valence-electron chi connectivity index (χ1n) is 6.49. The van der Waals surface area contributed by atoms with Crippen LogP contribution in [0.1, 0.15) is 29.8 Å². The van der Waals surface area contributed by atoms with Gasteiger partial charge in [-0.1, -0.05) is 17.8 Å². The van der Waals surface area contributed by atoms with Gasteiger partial charge in [0, 0.05) is 17.7 Å². The van der Waals surface area contributed by atoms with Gasteiger partial charge in [0.1, 0.15) is 5.60 Å². The van der Waals surface area contributed by atoms with Crippen LogP contribution in [0.4, 0.5) is 0 Å². The minimum Gasteiger partial charge on any atom is -0.504 e. The molecule has 0 unspecified atom stereocenters. The summed E-state index contributed by atoms with van der Waals surface area (Å²) in [6.07, 6.45) is 0.723. The molecule has 0 saturated heterocycles. The molecule has 0 bridgehead atoms. The first kappa shape index (κ1) is 13.3. The Bertz CT molecular complexity index is 611. The molecule has 1 aromatic carbocycles. The fourth-order valence-corrected chi connectivity index (χ4v) is 3.12. The molecule has 0 spiro atoms. The number of aliphatic imine (C=N–C) groups is 1. The first-order valence-corrected chi connectivity index (χ1v) is 7.47. The zero-order chi connectivity index (χ0) is 14.3. The van der Waals surface area contributed by atoms with E-state index in [4.69, 9.17) is 4.74 Å². The van der Waals surface area contributed by atoms with Crippen LogP contribution in [-0.4, -0.2) is 34.1 Å². The van der Waals surface area contributed by atoms with Gasteiger partial charge in [0.15, 0.2) is 16.7 Å². The smallest absolute Gasteiger partial charge is 0.261 e. The normalized spacial score (nSPS) is 19.2. The lowest BCUT2D eigenvalue weighted by Crippen LogP contribution is -2.27. The predicted molar refractivity (Wildman–Crippen MR) is 78.7 cm³/mol. The minimum absolute atomic E-state index is 0.0887. The first-order chi connectivity index (χ1) is 9.46. The average Bonchev–Trinajstić information content (AvgIpc) is 2.96. The molecule has 0 radical (unpaired) electrons. The van der Waals surface area contributed by atoms with E-state index in [1.54, 1.807) is 6.07 Å². The van der Waals surface area contributed by atoms with Crippen LogP contribution in [-0.2, 0) is 6.42 Å². The minimum atomic E-state index is -0.355. The third-order valence-corrected chi connectivity index (χ3v) is 4.15. The van der Waals surface area contributed by atoms with Gasteiger partial charge in [-0.3, -0.25) is 9.79 Å². The molecule has 5 nitrogen and oxygen atoms in total. The Hall–Kier alpha value is -1.69. The second-order valence-electron chi connectivity index (χ2n) is 5.48. The summed E-state index contributed by atoms with van der Waals surface area (Å²) < 4.78 is 5.72. The maximum Gasteiger partial charge on any atom is 0.261 e. The molecule has 0 fully saturated rings. The highest BCUT2D eigenvalue weighted by molar-refractivity contribution is 8.14. The number of phenolic OH excluding ortho intramolecular Hbond substituents is 1. The van der Waals surface area contributed by atoms with E-state index in [1.807, 2.05) is 19.9 Å². The van der Waals surface area contributed by atoms with Gasteiger partial charge in [-0.15, -0.1) is 0 Å². The molecule has 106 valence electrons. The largest absolute Gasteiger partial charge is 0.504 e. The molecule has 1 amide bonds. The van der Waals surface area contributed by atoms with E-state index in [2.05, 4.69) is 10.3 Å². The molecule has 6 heteroatoms. The number of aromatic hydroxyl groups is 1. The third kappa shape index (κ3) is 2.35. The van der Waals surface area contributed by atoms with E-state index >= 15 is 0 Å². The molecule has 20 heavy (non-hydrogen) atoms. The summed E-state index contributed by atoms with van der Waals surface area (Å²) in [5, 5.41) is 13.6. The fourth-order valence-electron chi connectivity index (χ4n) is 2.40. The molecule has 3 rings (SSSR count). The van der Waals surface area contributed by atoms with Gasteiger partial charge in [-0.2, -0.15) is 0 Å². The molecule has 0 aromatic heterocycles. The summed E-state index contributed by atoms with van der Waals surface area (Å²) in [6, 6.07) is 3.47. The maximum atomic E-state index is 12.2. The third-order valence-electron chi connectivity index (χ3n) is 3.26. The summed E-state index contributed by atoms with van der Waals surface area (Å²) >= 11 is 1.50. The van der Waals surface area contributed by atoms with Crippen molar-refractivity contribution >= 4 is 22.8 Å². The van der Waals surface area contributed by atoms with Crippen molar-refractivity contribution < 1.29 is 14.6 Å². The number of rotatable bonds is 1. The lowest BCUT2D eigenvalue weighted by atomic mass is 10.0. The molecule has 0 saturated carbocycles. The van der Waals surface area contributed by atoms with Gasteiger partial charge in [-0.05, 0) is 19.9 Å². The van der Waals surface area contributed by atoms with Gasteiger partial charge in [0.2, 0.25) is 0 Å². The standard InChI is InChI=1S/C14H16N2O3S/c1-14(2)7-8-3-4-9(10(17)11(8)19-14)12(18)16-13-15-5-6-20-13/h3-4,17H,5-7H2,1-2H3,(H,15,16,18). The monoisotopic (exact) mass is 292 g/mol. The van der Waals surface area contributed by atoms with E-state index < -0.39 is 0 Å². The molecule has 2 N–H and O–H groups in total. The van der Waals surface area contributed by atoms with Gasteiger partial charge in [-0.25, -0.2) is 0 Å². The molecular formula is C14H16N2O3S. The van der Waals surface area contributed by atoms with Crippen molar-refractivity contribution in [1.82, 2.24) is 5.32 Å². The number of hydrogen-bond acceptors (Lipinski definition) is 5. The van der Waals surface area contributed by atoms with Crippen molar-refractivity contribution in [2.24, 2.45) is 4.99 Å². The lowest BCUT2D eigenvalue weighted by Gasteiger charge is -2.17. The fraction of sp³-hybridized carbons (Fsp3) is 0.429. The van der Waals surface area contributed by atoms with E-state index in [1.165, 1.54) is 11.8 Å². The Morgan fingerprint density at radius 2 is 2.30 bits per heavy atom. The Labute approximate surface area is 121 Å². The summed E-state index contributed by atoms with van der Waals surface area (Å²) in [5.74, 6) is 0.855. The van der Waals surface area contributed by atoms with Crippen LogP contribution < -0.4 is 10.1 Å². The lowest BCUT2D eigenvalue weighted by molar-refractivity contribution is 0.0971. The summed E-state index contributed by atoms with van der Waals surface area (Å²) in [7, 11) is 0. The number of ether oxygens (including phenoxy) is 1. The van der Waals surface area contributed by atoms with Gasteiger partial charge >= 0.3 is 0 Å². The Kier molecular flexibility index (Phi) is 3.12. The van der Waals surface area contributed by atoms with Gasteiger partial charge in [0.05, 0.1) is 12.1 Å². The van der Waals surface area contributed by atoms with E-state index in [0.29, 0.717) is 17.5 Å². The van der Waals surface area contributed by atoms with Crippen LogP contribution in [0.3, 0.4) is 0 Å². The van der Waals surface area contributed by atoms with Crippen molar-refractivity contribution in [1.29, 1.82) is 0 Å². The number of fused-ring (bicyclic) bond motifs is 1. The molecule has 2 aliphatic rings. The van der Waals surface area contributed by atoms with Crippen LogP contribution in [0, 0.1) is 0 Å². The average molecular weight is 292 g/mol. The van der Waals surface area contributed by atoms with Crippen molar-refractivity contribution in [3.8, 4) is 11.5 Å². The number of nitrogens with one attached hydrogen (secondary N) is 1. The second-order valence-corrected chi connectivity index (χ2v) is 6.56. The van der Waals surface area contributed by atoms with Crippen LogP contribution in [0.2, 0.25) is 0 Å². The summed E-state index contributed by atoms with van der Waals surface area (Å²) in [5.41, 5.74) is 0.800. The molecule has 2 aliphatic heterocycles. The maximum absolute atomic E-state index is 12.2. The number of amidine groups is 1. The number of carbonyl (C=O) groups is 1. The van der Waals surface area contributed by atoms with Crippen LogP contribution in [0.15, 0.2) is 17.1 Å². The van der Waals surface area contributed by atoms with E-state index in [-0.39, 0.29) is 22.8 Å². The Morgan fingerprint density at radius 3 is 3.00 bits per heavy atom. The number of nitrogens with zero attached hydrogens (tertiary/aromatic N) is 1. The zero-order valence-corrected chi connectivity index (χ0v) is 12.2. The molecule has 2 heterocycles. The number of benzene rings is 1. The van der Waals surface area contributed by atoms with Gasteiger partial charge in [0.25, 0.3) is 5.91 Å². The molecule has 0 atom stereocenters. The highest BCUT2D eigenvalue weighted by atomic mass is 32.2. The van der Waals surface area contributed by atoms with Crippen molar-refractivity contribution in [3.63, 3.8) is 0 Å². The number of amides is 1. The number of phenols is 1. The van der Waals surface area contributed by atoms with Crippen LogP contribution >= 0.6 is 11.8 Å². The second kappa shape index (κ2) is 4.70.